The van der Waals surface area contributed by atoms with Gasteiger partial charge >= 0.3 is 12.0 Å². The third kappa shape index (κ3) is 4.44. The number of ether oxygens (including phenoxy) is 1. The van der Waals surface area contributed by atoms with E-state index in [1.165, 1.54) is 11.3 Å². The number of carbonyl (C=O) groups excluding carboxylic acids is 2. The number of hydrogen-bond donors (Lipinski definition) is 2. The van der Waals surface area contributed by atoms with Crippen molar-refractivity contribution in [2.75, 3.05) is 13.2 Å². The molecule has 19 heavy (non-hydrogen) atoms. The highest BCUT2D eigenvalue weighted by Crippen LogP contribution is 2.18. The Hall–Kier alpha value is -1.76. The van der Waals surface area contributed by atoms with E-state index in [2.05, 4.69) is 10.6 Å². The van der Waals surface area contributed by atoms with Crippen LogP contribution >= 0.6 is 0 Å². The van der Waals surface area contributed by atoms with Crippen LogP contribution in [0.1, 0.15) is 27.7 Å². The van der Waals surface area contributed by atoms with Crippen molar-refractivity contribution in [3.05, 3.63) is 11.8 Å². The molecule has 1 aliphatic rings. The van der Waals surface area contributed by atoms with Crippen LogP contribution in [-0.2, 0) is 14.4 Å². The van der Waals surface area contributed by atoms with Crippen LogP contribution in [-0.4, -0.2) is 42.5 Å². The maximum atomic E-state index is 11.8. The highest BCUT2D eigenvalue weighted by Gasteiger charge is 2.32. The summed E-state index contributed by atoms with van der Waals surface area (Å²) in [4.78, 5) is 28.8. The second kappa shape index (κ2) is 6.98. The molecule has 1 unspecified atom stereocenters. The van der Waals surface area contributed by atoms with E-state index in [9.17, 15) is 9.59 Å². The van der Waals surface area contributed by atoms with Gasteiger partial charge in [0, 0.05) is 18.8 Å². The summed E-state index contributed by atoms with van der Waals surface area (Å²) in [6.45, 7) is 8.11. The van der Waals surface area contributed by atoms with Crippen LogP contribution in [0.2, 0.25) is 0 Å². The third-order valence-corrected chi connectivity index (χ3v) is 2.31. The van der Waals surface area contributed by atoms with Crippen LogP contribution in [0.25, 0.3) is 0 Å². The van der Waals surface area contributed by atoms with Crippen molar-refractivity contribution in [2.45, 2.75) is 40.0 Å². The van der Waals surface area contributed by atoms with E-state index in [1.807, 2.05) is 20.8 Å². The number of esters is 1. The molecule has 0 aromatic carbocycles. The molecular formula is C12H21N3O4. The summed E-state index contributed by atoms with van der Waals surface area (Å²) < 4.78 is 4.93. The third-order valence-electron chi connectivity index (χ3n) is 2.31. The summed E-state index contributed by atoms with van der Waals surface area (Å²) in [5, 5.41) is 6.73. The van der Waals surface area contributed by atoms with E-state index < -0.39 is 18.2 Å². The quantitative estimate of drug-likeness (QED) is 0.721. The molecule has 108 valence electrons. The van der Waals surface area contributed by atoms with E-state index in [1.54, 1.807) is 6.92 Å². The van der Waals surface area contributed by atoms with Gasteiger partial charge in [-0.1, -0.05) is 0 Å². The first-order valence-corrected chi connectivity index (χ1v) is 6.37. The lowest BCUT2D eigenvalue weighted by molar-refractivity contribution is -0.147. The topological polar surface area (TPSA) is 79.9 Å². The Labute approximate surface area is 112 Å². The van der Waals surface area contributed by atoms with Gasteiger partial charge in [0.2, 0.25) is 0 Å². The monoisotopic (exact) mass is 271 g/mol. The van der Waals surface area contributed by atoms with Crippen LogP contribution in [0.3, 0.4) is 0 Å². The number of urea groups is 1. The minimum atomic E-state index is -0.822. The Morgan fingerprint density at radius 1 is 1.47 bits per heavy atom. The molecule has 0 aromatic heterocycles. The van der Waals surface area contributed by atoms with Gasteiger partial charge in [0.05, 0.1) is 6.61 Å². The first-order valence-electron chi connectivity index (χ1n) is 6.37. The van der Waals surface area contributed by atoms with E-state index in [-0.39, 0.29) is 18.2 Å². The van der Waals surface area contributed by atoms with Crippen molar-refractivity contribution in [1.82, 2.24) is 15.7 Å². The molecule has 0 spiro atoms. The zero-order valence-electron chi connectivity index (χ0n) is 11.7. The Morgan fingerprint density at radius 3 is 2.68 bits per heavy atom. The molecular weight excluding hydrogens is 250 g/mol. The van der Waals surface area contributed by atoms with Gasteiger partial charge in [0.15, 0.2) is 6.23 Å². The molecule has 1 aliphatic heterocycles. The molecule has 2 N–H and O–H groups in total. The van der Waals surface area contributed by atoms with Crippen LogP contribution in [0.15, 0.2) is 11.8 Å². The van der Waals surface area contributed by atoms with Crippen molar-refractivity contribution in [3.8, 4) is 0 Å². The lowest BCUT2D eigenvalue weighted by atomic mass is 10.2. The molecule has 0 radical (unpaired) electrons. The van der Waals surface area contributed by atoms with E-state index in [0.29, 0.717) is 6.54 Å². The molecule has 0 aliphatic carbocycles. The second-order valence-corrected chi connectivity index (χ2v) is 4.30. The zero-order chi connectivity index (χ0) is 14.4. The van der Waals surface area contributed by atoms with Gasteiger partial charge in [-0.25, -0.2) is 14.4 Å². The number of hydroxylamine groups is 2. The smallest absolute Gasteiger partial charge is 0.340 e. The Morgan fingerprint density at radius 2 is 2.16 bits per heavy atom. The largest absolute Gasteiger partial charge is 0.462 e. The van der Waals surface area contributed by atoms with Gasteiger partial charge in [-0.05, 0) is 27.7 Å². The minimum absolute atomic E-state index is 0.00120. The number of nitrogens with one attached hydrogen (secondary N) is 2. The summed E-state index contributed by atoms with van der Waals surface area (Å²) in [6.07, 6.45) is 0.718. The highest BCUT2D eigenvalue weighted by molar-refractivity contribution is 5.90. The van der Waals surface area contributed by atoms with Crippen LogP contribution in [0.4, 0.5) is 4.79 Å². The fourth-order valence-corrected chi connectivity index (χ4v) is 1.51. The number of carbonyl (C=O) groups is 2. The molecule has 0 saturated heterocycles. The van der Waals surface area contributed by atoms with Crippen molar-refractivity contribution in [3.63, 3.8) is 0 Å². The molecule has 1 heterocycles. The number of rotatable bonds is 5. The normalized spacial score (nSPS) is 18.3. The van der Waals surface area contributed by atoms with Crippen molar-refractivity contribution >= 4 is 12.0 Å². The molecule has 2 amide bonds. The molecule has 0 saturated carbocycles. The predicted octanol–water partition coefficient (Wildman–Crippen LogP) is 0.734. The van der Waals surface area contributed by atoms with E-state index in [0.717, 1.165) is 0 Å². The number of amides is 2. The van der Waals surface area contributed by atoms with Crippen molar-refractivity contribution in [2.24, 2.45) is 0 Å². The molecule has 7 heteroatoms. The first-order chi connectivity index (χ1) is 8.97. The Bertz CT molecular complexity index is 368. The van der Waals surface area contributed by atoms with Gasteiger partial charge in [0.25, 0.3) is 0 Å². The van der Waals surface area contributed by atoms with Crippen molar-refractivity contribution in [1.29, 1.82) is 0 Å². The fourth-order valence-electron chi connectivity index (χ4n) is 1.51. The summed E-state index contributed by atoms with van der Waals surface area (Å²) in [7, 11) is 0. The van der Waals surface area contributed by atoms with Gasteiger partial charge in [-0.3, -0.25) is 5.06 Å². The first kappa shape index (κ1) is 15.3. The highest BCUT2D eigenvalue weighted by atomic mass is 16.7. The maximum Gasteiger partial charge on any atom is 0.340 e. The van der Waals surface area contributed by atoms with Gasteiger partial charge < -0.3 is 15.4 Å². The maximum absolute atomic E-state index is 11.8. The molecule has 0 bridgehead atoms. The number of hydrogen-bond acceptors (Lipinski definition) is 5. The van der Waals surface area contributed by atoms with Gasteiger partial charge in [0.1, 0.15) is 5.57 Å². The average Bonchev–Trinajstić information content (AvgIpc) is 2.71. The van der Waals surface area contributed by atoms with Crippen LogP contribution in [0, 0.1) is 0 Å². The van der Waals surface area contributed by atoms with Crippen LogP contribution in [0.5, 0.6) is 0 Å². The molecule has 1 rings (SSSR count). The van der Waals surface area contributed by atoms with Crippen molar-refractivity contribution < 1.29 is 19.2 Å². The summed E-state index contributed by atoms with van der Waals surface area (Å²) in [5.41, 5.74) is 0.280. The molecule has 0 fully saturated rings. The Kier molecular flexibility index (Phi) is 5.62. The second-order valence-electron chi connectivity index (χ2n) is 4.30. The van der Waals surface area contributed by atoms with Gasteiger partial charge in [-0.15, -0.1) is 0 Å². The fraction of sp³-hybridized carbons (Fsp3) is 0.667. The summed E-state index contributed by atoms with van der Waals surface area (Å²) >= 11 is 0. The minimum Gasteiger partial charge on any atom is -0.462 e. The van der Waals surface area contributed by atoms with E-state index >= 15 is 0 Å². The molecule has 0 aromatic rings. The predicted molar refractivity (Wildman–Crippen MR) is 68.8 cm³/mol. The number of nitrogens with zero attached hydrogens (tertiary/aromatic N) is 1. The lowest BCUT2D eigenvalue weighted by Gasteiger charge is -2.19. The van der Waals surface area contributed by atoms with E-state index in [4.69, 9.17) is 9.57 Å². The summed E-state index contributed by atoms with van der Waals surface area (Å²) in [6, 6.07) is -0.396. The summed E-state index contributed by atoms with van der Waals surface area (Å²) in [5.74, 6) is -0.492. The standard InChI is InChI=1S/C12H21N3O4/c1-5-15-7-9(11(16)18-6-2)10(19-15)14-12(17)13-8(3)4/h7-8,10H,5-6H2,1-4H3,(H2,13,14,17). The average molecular weight is 271 g/mol. The lowest BCUT2D eigenvalue weighted by Crippen LogP contribution is -2.47. The SMILES string of the molecule is CCOC(=O)C1=CN(CC)OC1NC(=O)NC(C)C. The molecule has 7 nitrogen and oxygen atoms in total. The van der Waals surface area contributed by atoms with Crippen LogP contribution < -0.4 is 10.6 Å². The molecule has 1 atom stereocenters. The Balaban J connectivity index is 2.68. The zero-order valence-corrected chi connectivity index (χ0v) is 11.7. The van der Waals surface area contributed by atoms with Gasteiger partial charge in [-0.2, -0.15) is 0 Å².